The smallest absolute Gasteiger partial charge is 0.133 e. The number of hydrogen-bond donors (Lipinski definition) is 1. The van der Waals surface area contributed by atoms with Crippen molar-refractivity contribution in [3.05, 3.63) is 59.7 Å². The first kappa shape index (κ1) is 20.7. The van der Waals surface area contributed by atoms with Crippen LogP contribution in [-0.4, -0.2) is 22.9 Å². The summed E-state index contributed by atoms with van der Waals surface area (Å²) in [6.07, 6.45) is 2.06. The molecule has 5 heteroatoms. The molecule has 0 bridgehead atoms. The lowest BCUT2D eigenvalue weighted by Gasteiger charge is -2.13. The lowest BCUT2D eigenvalue weighted by Crippen LogP contribution is -1.98. The van der Waals surface area contributed by atoms with Crippen LogP contribution in [0.5, 0.6) is 11.5 Å². The molecule has 3 aromatic carbocycles. The van der Waals surface area contributed by atoms with E-state index in [4.69, 9.17) is 9.47 Å². The Morgan fingerprint density at radius 2 is 1.70 bits per heavy atom. The van der Waals surface area contributed by atoms with Gasteiger partial charge in [-0.05, 0) is 48.6 Å². The molecule has 0 aliphatic carbocycles. The zero-order valence-corrected chi connectivity index (χ0v) is 19.0. The molecule has 30 heavy (non-hydrogen) atoms. The van der Waals surface area contributed by atoms with Gasteiger partial charge < -0.3 is 14.4 Å². The summed E-state index contributed by atoms with van der Waals surface area (Å²) >= 11 is 0. The van der Waals surface area contributed by atoms with E-state index in [-0.39, 0.29) is 8.96 Å². The molecule has 1 N–H and O–H groups in total. The highest BCUT2D eigenvalue weighted by Crippen LogP contribution is 2.46. The van der Waals surface area contributed by atoms with E-state index >= 15 is 0 Å². The molecule has 0 saturated heterocycles. The van der Waals surface area contributed by atoms with Gasteiger partial charge in [0, 0.05) is 17.5 Å². The summed E-state index contributed by atoms with van der Waals surface area (Å²) in [5.74, 6) is 1.53. The summed E-state index contributed by atoms with van der Waals surface area (Å²) in [4.78, 5) is 10.3. The molecule has 1 atom stereocenters. The van der Waals surface area contributed by atoms with E-state index in [0.717, 1.165) is 51.7 Å². The number of unbranched alkanes of at least 4 members (excludes halogenated alkanes) is 1. The van der Waals surface area contributed by atoms with E-state index in [1.807, 2.05) is 16.5 Å². The zero-order valence-electron chi connectivity index (χ0n) is 18.0. The Kier molecular flexibility index (Phi) is 5.99. The summed E-state index contributed by atoms with van der Waals surface area (Å²) < 4.78 is 13.7. The second-order valence-electron chi connectivity index (χ2n) is 7.62. The number of fused-ring (bicyclic) bond motifs is 3. The lowest BCUT2D eigenvalue weighted by molar-refractivity contribution is 0.311. The highest BCUT2D eigenvalue weighted by Gasteiger charge is 2.21. The average molecular weight is 421 g/mol. The van der Waals surface area contributed by atoms with Crippen molar-refractivity contribution in [2.45, 2.75) is 33.6 Å². The number of methoxy groups -OCH3 is 1. The van der Waals surface area contributed by atoms with E-state index in [9.17, 15) is 4.89 Å². The summed E-state index contributed by atoms with van der Waals surface area (Å²) in [6.45, 7) is 7.10. The second-order valence-corrected chi connectivity index (χ2v) is 8.27. The summed E-state index contributed by atoms with van der Waals surface area (Å²) in [5, 5.41) is 2.14. The van der Waals surface area contributed by atoms with Crippen molar-refractivity contribution in [1.82, 2.24) is 4.34 Å². The quantitative estimate of drug-likeness (QED) is 0.270. The Balaban J connectivity index is 2.13. The highest BCUT2D eigenvalue weighted by molar-refractivity contribution is 7.30. The Labute approximate surface area is 179 Å². The SMILES string of the molecule is CCCCOc1cc(OC)cc2c1c1c(-c3c(C)cccc3C)cccc1n2PO. The predicted octanol–water partition coefficient (Wildman–Crippen LogP) is 6.61. The van der Waals surface area contributed by atoms with Crippen molar-refractivity contribution in [3.63, 3.8) is 0 Å². The Morgan fingerprint density at radius 3 is 2.37 bits per heavy atom. The molecular weight excluding hydrogens is 393 g/mol. The van der Waals surface area contributed by atoms with Crippen LogP contribution in [0.1, 0.15) is 30.9 Å². The fourth-order valence-corrected chi connectivity index (χ4v) is 4.81. The van der Waals surface area contributed by atoms with Crippen molar-refractivity contribution in [2.24, 2.45) is 0 Å². The Morgan fingerprint density at radius 1 is 0.967 bits per heavy atom. The van der Waals surface area contributed by atoms with Crippen LogP contribution in [0.3, 0.4) is 0 Å². The maximum atomic E-state index is 10.3. The number of hydrogen-bond acceptors (Lipinski definition) is 3. The summed E-state index contributed by atoms with van der Waals surface area (Å²) in [6, 6.07) is 16.6. The van der Waals surface area contributed by atoms with E-state index in [1.165, 1.54) is 16.7 Å². The fraction of sp³-hybridized carbons (Fsp3) is 0.280. The largest absolute Gasteiger partial charge is 0.497 e. The molecule has 4 rings (SSSR count). The molecule has 1 unspecified atom stereocenters. The van der Waals surface area contributed by atoms with E-state index in [1.54, 1.807) is 7.11 Å². The molecule has 0 aliphatic rings. The van der Waals surface area contributed by atoms with Crippen molar-refractivity contribution >= 4 is 30.8 Å². The molecule has 1 heterocycles. The van der Waals surface area contributed by atoms with Crippen molar-refractivity contribution < 1.29 is 14.4 Å². The van der Waals surface area contributed by atoms with Gasteiger partial charge in [0.05, 0.1) is 30.1 Å². The van der Waals surface area contributed by atoms with Gasteiger partial charge in [0.15, 0.2) is 0 Å². The van der Waals surface area contributed by atoms with Crippen LogP contribution in [0.25, 0.3) is 32.9 Å². The average Bonchev–Trinajstić information content (AvgIpc) is 3.07. The first-order valence-electron chi connectivity index (χ1n) is 10.3. The third-order valence-corrected chi connectivity index (χ3v) is 6.35. The molecule has 156 valence electrons. The third-order valence-electron chi connectivity index (χ3n) is 5.67. The van der Waals surface area contributed by atoms with Crippen LogP contribution in [0, 0.1) is 13.8 Å². The van der Waals surface area contributed by atoms with E-state index < -0.39 is 0 Å². The number of benzene rings is 3. The number of aryl methyl sites for hydroxylation is 2. The minimum absolute atomic E-state index is 0.387. The summed E-state index contributed by atoms with van der Waals surface area (Å²) in [7, 11) is 1.27. The Hall–Kier alpha value is -2.55. The van der Waals surface area contributed by atoms with Crippen molar-refractivity contribution in [2.75, 3.05) is 13.7 Å². The van der Waals surface area contributed by atoms with Crippen LogP contribution in [-0.2, 0) is 0 Å². The maximum Gasteiger partial charge on any atom is 0.133 e. The van der Waals surface area contributed by atoms with Gasteiger partial charge >= 0.3 is 0 Å². The zero-order chi connectivity index (χ0) is 21.3. The van der Waals surface area contributed by atoms with Crippen molar-refractivity contribution in [3.8, 4) is 22.6 Å². The van der Waals surface area contributed by atoms with Crippen LogP contribution >= 0.6 is 8.96 Å². The normalized spacial score (nSPS) is 11.8. The van der Waals surface area contributed by atoms with E-state index in [0.29, 0.717) is 6.61 Å². The van der Waals surface area contributed by atoms with Crippen LogP contribution in [0.2, 0.25) is 0 Å². The van der Waals surface area contributed by atoms with Crippen LogP contribution in [0.15, 0.2) is 48.5 Å². The fourth-order valence-electron chi connectivity index (χ4n) is 4.24. The molecule has 4 aromatic rings. The second kappa shape index (κ2) is 8.67. The lowest BCUT2D eigenvalue weighted by atomic mass is 9.92. The molecule has 4 nitrogen and oxygen atoms in total. The van der Waals surface area contributed by atoms with Crippen molar-refractivity contribution in [1.29, 1.82) is 0 Å². The summed E-state index contributed by atoms with van der Waals surface area (Å²) in [5.41, 5.74) is 6.79. The number of rotatable bonds is 7. The topological polar surface area (TPSA) is 43.6 Å². The molecule has 0 radical (unpaired) electrons. The minimum Gasteiger partial charge on any atom is -0.497 e. The first-order valence-corrected chi connectivity index (χ1v) is 11.2. The number of nitrogens with zero attached hydrogens (tertiary/aromatic N) is 1. The highest BCUT2D eigenvalue weighted by atomic mass is 31.1. The Bertz CT molecular complexity index is 1190. The van der Waals surface area contributed by atoms with Gasteiger partial charge in [0.1, 0.15) is 20.5 Å². The standard InChI is InChI=1S/C25H28NO3P/c1-5-6-13-29-22-15-18(28-4)14-21-25(22)24-19(11-8-12-20(24)26(21)30-27)23-16(2)9-7-10-17(23)3/h7-12,14-15,27,30H,5-6,13H2,1-4H3. The minimum atomic E-state index is -0.387. The monoisotopic (exact) mass is 421 g/mol. The van der Waals surface area contributed by atoms with Gasteiger partial charge in [-0.1, -0.05) is 43.7 Å². The van der Waals surface area contributed by atoms with E-state index in [2.05, 4.69) is 57.2 Å². The van der Waals surface area contributed by atoms with Crippen LogP contribution < -0.4 is 9.47 Å². The molecule has 0 saturated carbocycles. The molecule has 0 amide bonds. The van der Waals surface area contributed by atoms with Gasteiger partial charge in [-0.25, -0.2) is 0 Å². The van der Waals surface area contributed by atoms with Gasteiger partial charge in [-0.3, -0.25) is 4.34 Å². The first-order chi connectivity index (χ1) is 14.6. The van der Waals surface area contributed by atoms with Gasteiger partial charge in [0.2, 0.25) is 0 Å². The maximum absolute atomic E-state index is 10.3. The molecule has 0 aliphatic heterocycles. The molecular formula is C25H28NO3P. The van der Waals surface area contributed by atoms with Gasteiger partial charge in [0.25, 0.3) is 0 Å². The third kappa shape index (κ3) is 3.45. The van der Waals surface area contributed by atoms with Gasteiger partial charge in [-0.2, -0.15) is 0 Å². The molecule has 0 spiro atoms. The number of ether oxygens (including phenoxy) is 2. The van der Waals surface area contributed by atoms with Crippen LogP contribution in [0.4, 0.5) is 0 Å². The molecule has 0 fully saturated rings. The molecule has 1 aromatic heterocycles. The number of aromatic nitrogens is 1. The van der Waals surface area contributed by atoms with Gasteiger partial charge in [-0.15, -0.1) is 0 Å². The predicted molar refractivity (Wildman–Crippen MR) is 127 cm³/mol.